The maximum atomic E-state index is 14.1. The van der Waals surface area contributed by atoms with Crippen LogP contribution in [0.25, 0.3) is 5.52 Å². The number of carbonyl (C=O) groups is 2. The van der Waals surface area contributed by atoms with Crippen molar-refractivity contribution < 1.29 is 14.7 Å². The van der Waals surface area contributed by atoms with Crippen molar-refractivity contribution in [1.82, 2.24) is 13.9 Å². The number of rotatable bonds is 13. The first-order chi connectivity index (χ1) is 21.6. The Kier molecular flexibility index (Phi) is 9.64. The summed E-state index contributed by atoms with van der Waals surface area (Å²) < 4.78 is 2.30. The van der Waals surface area contributed by atoms with Gasteiger partial charge in [-0.2, -0.15) is 0 Å². The van der Waals surface area contributed by atoms with Gasteiger partial charge in [-0.25, -0.2) is 9.47 Å². The molecule has 0 aliphatic heterocycles. The molecule has 2 heterocycles. The summed E-state index contributed by atoms with van der Waals surface area (Å²) in [6.07, 6.45) is 4.91. The molecular formula is C39H44N3O3+. The minimum atomic E-state index is -0.839. The summed E-state index contributed by atoms with van der Waals surface area (Å²) in [5.74, 6) is 0.842. The van der Waals surface area contributed by atoms with E-state index in [1.165, 1.54) is 11.1 Å². The van der Waals surface area contributed by atoms with Gasteiger partial charge < -0.3 is 9.51 Å². The van der Waals surface area contributed by atoms with Crippen molar-refractivity contribution in [2.75, 3.05) is 7.05 Å². The molecular weight excluding hydrogens is 558 g/mol. The van der Waals surface area contributed by atoms with E-state index in [9.17, 15) is 9.59 Å². The number of aliphatic carboxylic acids is 1. The van der Waals surface area contributed by atoms with Crippen LogP contribution in [0.2, 0.25) is 0 Å². The maximum Gasteiger partial charge on any atom is 0.303 e. The van der Waals surface area contributed by atoms with Crippen LogP contribution >= 0.6 is 0 Å². The molecule has 0 radical (unpaired) electrons. The highest BCUT2D eigenvalue weighted by atomic mass is 16.4. The predicted molar refractivity (Wildman–Crippen MR) is 183 cm³/mol. The summed E-state index contributed by atoms with van der Waals surface area (Å²) in [6.45, 7) is 8.94. The first-order valence-corrected chi connectivity index (χ1v) is 15.9. The molecule has 1 N–H and O–H groups in total. The molecule has 6 heteroatoms. The van der Waals surface area contributed by atoms with Gasteiger partial charge in [-0.3, -0.25) is 9.59 Å². The number of aromatic nitrogens is 2. The third-order valence-electron chi connectivity index (χ3n) is 8.45. The number of aryl methyl sites for hydroxylation is 1. The van der Waals surface area contributed by atoms with Crippen LogP contribution in [0, 0.1) is 11.8 Å². The van der Waals surface area contributed by atoms with E-state index in [-0.39, 0.29) is 12.2 Å². The first kappa shape index (κ1) is 31.9. The molecule has 0 aliphatic rings. The number of carboxylic acid groups (broad SMARTS) is 1. The van der Waals surface area contributed by atoms with E-state index in [0.29, 0.717) is 46.2 Å². The zero-order chi connectivity index (χ0) is 32.1. The molecule has 3 aromatic carbocycles. The number of pyridine rings is 1. The number of benzene rings is 3. The predicted octanol–water partition coefficient (Wildman–Crippen LogP) is 8.97. The highest BCUT2D eigenvalue weighted by Gasteiger charge is 2.32. The minimum absolute atomic E-state index is 0.0560. The molecule has 0 aliphatic carbocycles. The Morgan fingerprint density at radius 1 is 0.778 bits per heavy atom. The number of hydrogen-bond acceptors (Lipinski definition) is 3. The minimum Gasteiger partial charge on any atom is -0.481 e. The number of carbonyl (C=O) groups excluding carboxylic acids is 1. The standard InChI is InChI=1S/C39H43N3O3/c1-27(2)24-29-15-19-32(20-16-29)42(5,33-21-17-30(18-22-33)25-28(3)4)34-11-8-10-31(26-34)39(45)38-35-12-6-7-23-41(35)36(40-38)13-9-14-37(43)44/h6-8,10-12,15-23,26-28H,9,13-14,24-25H2,1-5H3/p+1. The van der Waals surface area contributed by atoms with E-state index in [0.717, 1.165) is 35.4 Å². The Balaban J connectivity index is 1.57. The third kappa shape index (κ3) is 7.07. The number of hydrogen-bond donors (Lipinski definition) is 1. The fourth-order valence-corrected chi connectivity index (χ4v) is 6.15. The van der Waals surface area contributed by atoms with Gasteiger partial charge in [0, 0.05) is 61.0 Å². The van der Waals surface area contributed by atoms with E-state index >= 15 is 0 Å². The molecule has 2 aromatic heterocycles. The van der Waals surface area contributed by atoms with Gasteiger partial charge in [0.25, 0.3) is 0 Å². The Hall–Kier alpha value is -4.55. The van der Waals surface area contributed by atoms with Gasteiger partial charge >= 0.3 is 5.97 Å². The van der Waals surface area contributed by atoms with Crippen LogP contribution in [0.15, 0.2) is 97.2 Å². The topological polar surface area (TPSA) is 71.7 Å². The quantitative estimate of drug-likeness (QED) is 0.108. The molecule has 0 unspecified atom stereocenters. The van der Waals surface area contributed by atoms with Crippen LogP contribution in [-0.4, -0.2) is 33.3 Å². The van der Waals surface area contributed by atoms with Gasteiger partial charge in [0.2, 0.25) is 5.78 Å². The van der Waals surface area contributed by atoms with Crippen molar-refractivity contribution in [3.63, 3.8) is 0 Å². The summed E-state index contributed by atoms with van der Waals surface area (Å²) in [5.41, 5.74) is 7.46. The molecule has 0 bridgehead atoms. The lowest BCUT2D eigenvalue weighted by atomic mass is 10.00. The van der Waals surface area contributed by atoms with Crippen molar-refractivity contribution in [1.29, 1.82) is 0 Å². The van der Waals surface area contributed by atoms with Crippen molar-refractivity contribution in [2.24, 2.45) is 11.8 Å². The van der Waals surface area contributed by atoms with Crippen LogP contribution in [0.1, 0.15) is 73.5 Å². The van der Waals surface area contributed by atoms with Gasteiger partial charge in [-0.15, -0.1) is 0 Å². The highest BCUT2D eigenvalue weighted by Crippen LogP contribution is 2.42. The largest absolute Gasteiger partial charge is 0.481 e. The van der Waals surface area contributed by atoms with Crippen LogP contribution in [-0.2, 0) is 24.1 Å². The summed E-state index contributed by atoms with van der Waals surface area (Å²) >= 11 is 0. The van der Waals surface area contributed by atoms with Gasteiger partial charge in [-0.1, -0.05) is 70.2 Å². The van der Waals surface area contributed by atoms with Crippen LogP contribution in [0.3, 0.4) is 0 Å². The van der Waals surface area contributed by atoms with Crippen LogP contribution < -0.4 is 4.48 Å². The molecule has 5 rings (SSSR count). The number of nitrogens with zero attached hydrogens (tertiary/aromatic N) is 3. The number of fused-ring (bicyclic) bond motifs is 1. The second-order valence-corrected chi connectivity index (χ2v) is 13.0. The molecule has 0 amide bonds. The van der Waals surface area contributed by atoms with Gasteiger partial charge in [0.15, 0.2) is 0 Å². The van der Waals surface area contributed by atoms with E-state index < -0.39 is 5.97 Å². The van der Waals surface area contributed by atoms with Gasteiger partial charge in [0.1, 0.15) is 28.6 Å². The lowest BCUT2D eigenvalue weighted by Crippen LogP contribution is -2.34. The lowest BCUT2D eigenvalue weighted by Gasteiger charge is -2.34. The average Bonchev–Trinajstić information content (AvgIpc) is 3.39. The summed E-state index contributed by atoms with van der Waals surface area (Å²) in [5, 5.41) is 9.12. The van der Waals surface area contributed by atoms with Crippen molar-refractivity contribution in [2.45, 2.75) is 59.8 Å². The fourth-order valence-electron chi connectivity index (χ4n) is 6.15. The Morgan fingerprint density at radius 3 is 1.93 bits per heavy atom. The average molecular weight is 603 g/mol. The Morgan fingerprint density at radius 2 is 1.38 bits per heavy atom. The molecule has 0 atom stereocenters. The highest BCUT2D eigenvalue weighted by molar-refractivity contribution is 6.12. The number of quaternary nitrogens is 1. The van der Waals surface area contributed by atoms with Crippen molar-refractivity contribution in [3.05, 3.63) is 125 Å². The zero-order valence-corrected chi connectivity index (χ0v) is 27.0. The van der Waals surface area contributed by atoms with E-state index in [1.54, 1.807) is 0 Å². The zero-order valence-electron chi connectivity index (χ0n) is 27.0. The van der Waals surface area contributed by atoms with Crippen LogP contribution in [0.5, 0.6) is 0 Å². The molecule has 0 saturated heterocycles. The normalized spacial score (nSPS) is 11.9. The molecule has 0 saturated carbocycles. The second-order valence-electron chi connectivity index (χ2n) is 13.0. The molecule has 232 valence electrons. The van der Waals surface area contributed by atoms with Crippen molar-refractivity contribution in [3.8, 4) is 0 Å². The van der Waals surface area contributed by atoms with E-state index in [2.05, 4.69) is 89.3 Å². The number of carboxylic acids is 1. The number of imidazole rings is 1. The maximum absolute atomic E-state index is 14.1. The van der Waals surface area contributed by atoms with Crippen LogP contribution in [0.4, 0.5) is 17.1 Å². The molecule has 45 heavy (non-hydrogen) atoms. The number of ketones is 1. The fraction of sp³-hybridized carbons (Fsp3) is 0.308. The molecule has 0 fully saturated rings. The SMILES string of the molecule is CC(C)Cc1ccc([N+](C)(c2ccc(CC(C)C)cc2)c2cccc(C(=O)c3nc(CCCC(=O)O)n4ccccc34)c2)cc1. The van der Waals surface area contributed by atoms with Crippen molar-refractivity contribution >= 4 is 34.3 Å². The monoisotopic (exact) mass is 602 g/mol. The van der Waals surface area contributed by atoms with E-state index in [1.807, 2.05) is 47.0 Å². The Labute approximate surface area is 266 Å². The van der Waals surface area contributed by atoms with Gasteiger partial charge in [-0.05, 0) is 54.4 Å². The third-order valence-corrected chi connectivity index (χ3v) is 8.45. The molecule has 0 spiro atoms. The summed E-state index contributed by atoms with van der Waals surface area (Å²) in [4.78, 5) is 30.0. The molecule has 5 aromatic rings. The van der Waals surface area contributed by atoms with E-state index in [4.69, 9.17) is 10.1 Å². The summed E-state index contributed by atoms with van der Waals surface area (Å²) in [7, 11) is 2.19. The first-order valence-electron chi connectivity index (χ1n) is 15.9. The lowest BCUT2D eigenvalue weighted by molar-refractivity contribution is -0.137. The molecule has 6 nitrogen and oxygen atoms in total. The smallest absolute Gasteiger partial charge is 0.303 e. The van der Waals surface area contributed by atoms with Gasteiger partial charge in [0.05, 0.1) is 12.6 Å². The Bertz CT molecular complexity index is 1730. The second kappa shape index (κ2) is 13.6. The summed E-state index contributed by atoms with van der Waals surface area (Å²) in [6, 6.07) is 31.3.